The number of nitrogens with zero attached hydrogens (tertiary/aromatic N) is 4. The molecular formula is C25H25N5O. The summed E-state index contributed by atoms with van der Waals surface area (Å²) in [4.78, 5) is 12.7. The van der Waals surface area contributed by atoms with E-state index in [9.17, 15) is 4.79 Å². The number of hydrogen-bond acceptors (Lipinski definition) is 3. The molecule has 2 aromatic carbocycles. The number of amides is 1. The normalized spacial score (nSPS) is 11.2. The molecule has 0 bridgehead atoms. The molecule has 0 radical (unpaired) electrons. The molecule has 0 aliphatic heterocycles. The number of aryl methyl sites for hydroxylation is 2. The van der Waals surface area contributed by atoms with Crippen LogP contribution in [0.3, 0.4) is 0 Å². The molecule has 0 aliphatic rings. The Hall–Kier alpha value is -3.93. The average molecular weight is 412 g/mol. The van der Waals surface area contributed by atoms with Gasteiger partial charge in [-0.1, -0.05) is 42.0 Å². The molecule has 0 saturated carbocycles. The lowest BCUT2D eigenvalue weighted by Crippen LogP contribution is -2.19. The van der Waals surface area contributed by atoms with E-state index < -0.39 is 0 Å². The van der Waals surface area contributed by atoms with E-state index in [1.54, 1.807) is 12.3 Å². The van der Waals surface area contributed by atoms with Crippen molar-refractivity contribution in [2.24, 2.45) is 5.10 Å². The Labute approximate surface area is 181 Å². The lowest BCUT2D eigenvalue weighted by atomic mass is 10.1. The summed E-state index contributed by atoms with van der Waals surface area (Å²) in [6.07, 6.45) is 5.48. The largest absolute Gasteiger partial charge is 0.323 e. The summed E-state index contributed by atoms with van der Waals surface area (Å²) in [6.45, 7) is 6.73. The van der Waals surface area contributed by atoms with Crippen LogP contribution in [0.25, 0.3) is 5.69 Å². The van der Waals surface area contributed by atoms with E-state index in [0.29, 0.717) is 12.1 Å². The fraction of sp³-hybridized carbons (Fsp3) is 0.160. The smallest absolute Gasteiger partial charge is 0.273 e. The van der Waals surface area contributed by atoms with Crippen LogP contribution < -0.4 is 5.43 Å². The van der Waals surface area contributed by atoms with Gasteiger partial charge in [-0.25, -0.2) is 5.43 Å². The second kappa shape index (κ2) is 8.83. The number of nitrogens with one attached hydrogen (secondary N) is 1. The van der Waals surface area contributed by atoms with Gasteiger partial charge in [-0.15, -0.1) is 0 Å². The van der Waals surface area contributed by atoms with E-state index in [1.807, 2.05) is 65.8 Å². The van der Waals surface area contributed by atoms with Crippen LogP contribution in [0.4, 0.5) is 0 Å². The Kier molecular flexibility index (Phi) is 5.80. The van der Waals surface area contributed by atoms with Gasteiger partial charge in [-0.2, -0.15) is 10.2 Å². The topological polar surface area (TPSA) is 64.2 Å². The molecule has 0 spiro atoms. The van der Waals surface area contributed by atoms with Crippen molar-refractivity contribution < 1.29 is 4.79 Å². The monoisotopic (exact) mass is 411 g/mol. The Morgan fingerprint density at radius 3 is 2.45 bits per heavy atom. The van der Waals surface area contributed by atoms with E-state index in [2.05, 4.69) is 46.8 Å². The van der Waals surface area contributed by atoms with Crippen LogP contribution in [-0.4, -0.2) is 26.5 Å². The minimum Gasteiger partial charge on any atom is -0.323 e. The molecule has 0 saturated heterocycles. The van der Waals surface area contributed by atoms with E-state index in [4.69, 9.17) is 0 Å². The molecule has 6 heteroatoms. The van der Waals surface area contributed by atoms with Gasteiger partial charge in [0.15, 0.2) is 0 Å². The van der Waals surface area contributed by atoms with E-state index in [-0.39, 0.29) is 5.91 Å². The predicted octanol–water partition coefficient (Wildman–Crippen LogP) is 4.41. The number of carbonyl (C=O) groups is 1. The van der Waals surface area contributed by atoms with Crippen LogP contribution in [0.15, 0.2) is 78.2 Å². The van der Waals surface area contributed by atoms with Gasteiger partial charge >= 0.3 is 0 Å². The maximum Gasteiger partial charge on any atom is 0.273 e. The summed E-state index contributed by atoms with van der Waals surface area (Å²) in [6, 6.07) is 19.7. The van der Waals surface area contributed by atoms with Gasteiger partial charge in [0.1, 0.15) is 0 Å². The van der Waals surface area contributed by atoms with Crippen molar-refractivity contribution in [2.75, 3.05) is 0 Å². The Balaban J connectivity index is 1.49. The van der Waals surface area contributed by atoms with Crippen molar-refractivity contribution in [3.8, 4) is 5.69 Å². The van der Waals surface area contributed by atoms with E-state index >= 15 is 0 Å². The molecule has 4 rings (SSSR count). The number of aromatic nitrogens is 3. The van der Waals surface area contributed by atoms with E-state index in [0.717, 1.165) is 22.6 Å². The number of hydrazone groups is 1. The van der Waals surface area contributed by atoms with Crippen molar-refractivity contribution in [3.05, 3.63) is 107 Å². The first-order chi connectivity index (χ1) is 15.0. The third kappa shape index (κ3) is 4.48. The third-order valence-corrected chi connectivity index (χ3v) is 5.28. The molecule has 0 aliphatic carbocycles. The minimum atomic E-state index is -0.261. The lowest BCUT2D eigenvalue weighted by molar-refractivity contribution is 0.0955. The van der Waals surface area contributed by atoms with Gasteiger partial charge in [-0.3, -0.25) is 9.48 Å². The highest BCUT2D eigenvalue weighted by atomic mass is 16.2. The van der Waals surface area contributed by atoms with Crippen molar-refractivity contribution in [3.63, 3.8) is 0 Å². The van der Waals surface area contributed by atoms with Crippen molar-refractivity contribution in [2.45, 2.75) is 27.3 Å². The number of carbonyl (C=O) groups excluding carboxylic acids is 1. The van der Waals surface area contributed by atoms with Gasteiger partial charge < -0.3 is 4.57 Å². The zero-order valence-electron chi connectivity index (χ0n) is 17.9. The fourth-order valence-corrected chi connectivity index (χ4v) is 3.52. The summed E-state index contributed by atoms with van der Waals surface area (Å²) < 4.78 is 3.87. The molecule has 2 heterocycles. The van der Waals surface area contributed by atoms with Crippen LogP contribution in [0.5, 0.6) is 0 Å². The van der Waals surface area contributed by atoms with Gasteiger partial charge in [0.25, 0.3) is 5.91 Å². The summed E-state index contributed by atoms with van der Waals surface area (Å²) in [5, 5.41) is 8.85. The molecule has 0 fully saturated rings. The van der Waals surface area contributed by atoms with Gasteiger partial charge in [0.2, 0.25) is 0 Å². The standard InChI is InChI=1S/C25H25N5O/c1-18-10-12-21(13-11-18)17-30-20(3)23(19(2)28-30)16-26-27-25(31)22-8-4-5-9-24(22)29-14-6-7-15-29/h4-16H,17H2,1-3H3,(H,27,31)/b26-16+. The number of benzene rings is 2. The Bertz CT molecular complexity index is 1220. The molecule has 1 N–H and O–H groups in total. The SMILES string of the molecule is Cc1ccc(Cn2nc(C)c(/C=N/NC(=O)c3ccccc3-n3cccc3)c2C)cc1. The zero-order chi connectivity index (χ0) is 21.8. The molecule has 1 amide bonds. The zero-order valence-corrected chi connectivity index (χ0v) is 17.9. The van der Waals surface area contributed by atoms with E-state index in [1.165, 1.54) is 11.1 Å². The molecule has 31 heavy (non-hydrogen) atoms. The maximum absolute atomic E-state index is 12.7. The highest BCUT2D eigenvalue weighted by Gasteiger charge is 2.13. The summed E-state index contributed by atoms with van der Waals surface area (Å²) in [5.74, 6) is -0.261. The molecule has 4 aromatic rings. The van der Waals surface area contributed by atoms with Crippen molar-refractivity contribution >= 4 is 12.1 Å². The lowest BCUT2D eigenvalue weighted by Gasteiger charge is -2.09. The van der Waals surface area contributed by atoms with Crippen molar-refractivity contribution in [1.29, 1.82) is 0 Å². The fourth-order valence-electron chi connectivity index (χ4n) is 3.52. The molecular weight excluding hydrogens is 386 g/mol. The van der Waals surface area contributed by atoms with Gasteiger partial charge in [-0.05, 0) is 50.6 Å². The number of para-hydroxylation sites is 1. The molecule has 2 aromatic heterocycles. The molecule has 6 nitrogen and oxygen atoms in total. The second-order valence-corrected chi connectivity index (χ2v) is 7.53. The summed E-state index contributed by atoms with van der Waals surface area (Å²) in [5.41, 5.74) is 9.22. The molecule has 156 valence electrons. The Morgan fingerprint density at radius 1 is 1.00 bits per heavy atom. The predicted molar refractivity (Wildman–Crippen MR) is 123 cm³/mol. The maximum atomic E-state index is 12.7. The van der Waals surface area contributed by atoms with Gasteiger partial charge in [0.05, 0.1) is 29.7 Å². The second-order valence-electron chi connectivity index (χ2n) is 7.53. The minimum absolute atomic E-state index is 0.261. The highest BCUT2D eigenvalue weighted by molar-refractivity contribution is 5.98. The molecule has 0 atom stereocenters. The van der Waals surface area contributed by atoms with Crippen LogP contribution in [-0.2, 0) is 6.54 Å². The summed E-state index contributed by atoms with van der Waals surface area (Å²) >= 11 is 0. The van der Waals surface area contributed by atoms with Crippen LogP contribution in [0.2, 0.25) is 0 Å². The first-order valence-electron chi connectivity index (χ1n) is 10.2. The Morgan fingerprint density at radius 2 is 1.71 bits per heavy atom. The average Bonchev–Trinajstić information content (AvgIpc) is 3.40. The quantitative estimate of drug-likeness (QED) is 0.377. The highest BCUT2D eigenvalue weighted by Crippen LogP contribution is 2.15. The first-order valence-corrected chi connectivity index (χ1v) is 10.2. The number of rotatable bonds is 6. The number of hydrogen-bond donors (Lipinski definition) is 1. The third-order valence-electron chi connectivity index (χ3n) is 5.28. The first kappa shape index (κ1) is 20.3. The summed E-state index contributed by atoms with van der Waals surface area (Å²) in [7, 11) is 0. The van der Waals surface area contributed by atoms with Gasteiger partial charge in [0, 0.05) is 23.7 Å². The molecule has 0 unspecified atom stereocenters. The van der Waals surface area contributed by atoms with Crippen LogP contribution in [0.1, 0.15) is 38.4 Å². The van der Waals surface area contributed by atoms with Crippen LogP contribution in [0, 0.1) is 20.8 Å². The van der Waals surface area contributed by atoms with Crippen molar-refractivity contribution in [1.82, 2.24) is 19.8 Å². The van der Waals surface area contributed by atoms with Crippen LogP contribution >= 0.6 is 0 Å².